The molecule has 4 heterocycles. The minimum Gasteiger partial charge on any atom is 0 e. The minimum absolute atomic E-state index is 0. The van der Waals surface area contributed by atoms with Crippen LogP contribution in [0.5, 0.6) is 11.5 Å². The number of carbonyl (C=O) groups is 3. The summed E-state index contributed by atoms with van der Waals surface area (Å²) in [5.74, 6) is 0.671. The molecule has 28 nitrogen and oxygen atoms in total. The quantitative estimate of drug-likeness (QED) is 0.00615. The van der Waals surface area contributed by atoms with Crippen LogP contribution in [0.3, 0.4) is 0 Å². The number of rotatable bonds is 36. The van der Waals surface area contributed by atoms with Crippen LogP contribution in [-0.2, 0) is 118 Å². The number of fused-ring (bicyclic) bond motifs is 2. The summed E-state index contributed by atoms with van der Waals surface area (Å²) in [7, 11) is -9.93. The molecule has 4 aliphatic rings. The van der Waals surface area contributed by atoms with E-state index in [0.29, 0.717) is 71.2 Å². The van der Waals surface area contributed by atoms with Gasteiger partial charge in [0.05, 0.1) is 126 Å². The number of alkyl carbamates (subject to hydrolysis) is 2. The van der Waals surface area contributed by atoms with Crippen molar-refractivity contribution in [2.45, 2.75) is 160 Å². The number of carbonyl (C=O) groups excluding carboxylic acids is 3. The first-order chi connectivity index (χ1) is 50.9. The number of benzene rings is 4. The maximum absolute atomic E-state index is 13.8. The first kappa shape index (κ1) is 101. The standard InChI is InChI=1S/C33H50N3O11PS.C31H46N3O9PS.C9H18O2.CH3.2HI.Pd.V/c1-6-45-48(39,46-7-2)22-24-8-10-25(11-9-24)34-18-29(35-33(38)47-31-21-44-32-28(31)16-17-43-32)30(37)20-36(19-23(3)4)49(40,41)27-14-12-26(42-5)13-15-27;1-21(2)17-34(45(38,39)25-12-10-24(40-3)11-13-25)18-28(35)27(16-32-23-8-6-22(7-9-23)20-44(4,5)37)33-31(36)43-29-19-42-30-26(29)14-15-41-30;1-6-11-8(10)7(2)9(3,4)5;;;;;/h8-15,23,28-32,34,37H,6-7,16-22H2,1-5H3,(H,35,38);6-13,21,26-30,32,35H,14-20H2,1-5H3,(H,33,36);7H,6H2,1-5H3;1H3;2*1H;;/q;;;-1;;;;+2/p-2/t28-,29-,30+,31-,32+;26-,27-,28+,29-,30+;7-;;;;;/m000...../s1. The van der Waals surface area contributed by atoms with Crippen LogP contribution in [0.4, 0.5) is 21.0 Å². The second-order valence-electron chi connectivity index (χ2n) is 28.8. The van der Waals surface area contributed by atoms with E-state index in [0.717, 1.165) is 11.1 Å². The Kier molecular flexibility index (Phi) is 45.1. The van der Waals surface area contributed by atoms with Gasteiger partial charge >= 0.3 is 75.2 Å². The number of anilines is 2. The summed E-state index contributed by atoms with van der Waals surface area (Å²) in [5, 5.41) is 35.0. The molecule has 0 unspecified atom stereocenters. The number of aliphatic hydroxyl groups is 2. The predicted molar refractivity (Wildman–Crippen MR) is 434 cm³/mol. The zero-order valence-corrected chi connectivity index (χ0v) is 76.6. The Morgan fingerprint density at radius 1 is 0.591 bits per heavy atom. The molecule has 4 aromatic rings. The van der Waals surface area contributed by atoms with Crippen LogP contribution in [-0.4, -0.2) is 216 Å². The van der Waals surface area contributed by atoms with Crippen LogP contribution in [0.2, 0.25) is 0 Å². The largest absolute Gasteiger partial charge is 0 e. The van der Waals surface area contributed by atoms with Gasteiger partial charge in [-0.05, 0) is 148 Å². The molecule has 11 atom stereocenters. The molecule has 4 aromatic carbocycles. The van der Waals surface area contributed by atoms with Gasteiger partial charge in [-0.3, -0.25) is 9.36 Å². The summed E-state index contributed by atoms with van der Waals surface area (Å²) in [6, 6.07) is 24.7. The summed E-state index contributed by atoms with van der Waals surface area (Å²) in [4.78, 5) is 37.6. The third-order valence-corrected chi connectivity index (χ3v) is 24.7. The summed E-state index contributed by atoms with van der Waals surface area (Å²) < 4.78 is 142. The molecule has 0 spiro atoms. The number of ether oxygens (including phenoxy) is 9. The van der Waals surface area contributed by atoms with Crippen molar-refractivity contribution >= 4 is 104 Å². The molecule has 627 valence electrons. The molecule has 0 radical (unpaired) electrons. The summed E-state index contributed by atoms with van der Waals surface area (Å²) in [5.41, 5.74) is 3.06. The fraction of sp³-hybridized carbons (Fsp3) is 0.622. The summed E-state index contributed by atoms with van der Waals surface area (Å²) in [6.07, 6.45) is -3.95. The Bertz CT molecular complexity index is 3700. The molecular formula is C74H117I2N6O22P2PdS2V-. The van der Waals surface area contributed by atoms with E-state index in [2.05, 4.69) is 61.2 Å². The Morgan fingerprint density at radius 2 is 0.955 bits per heavy atom. The molecule has 0 aliphatic carbocycles. The van der Waals surface area contributed by atoms with Crippen molar-refractivity contribution in [3.8, 4) is 11.5 Å². The van der Waals surface area contributed by atoms with E-state index in [9.17, 15) is 50.6 Å². The Labute approximate surface area is 695 Å². The molecule has 6 N–H and O–H groups in total. The predicted octanol–water partition coefficient (Wildman–Crippen LogP) is 12.7. The number of halogens is 2. The van der Waals surface area contributed by atoms with Crippen molar-refractivity contribution in [2.75, 3.05) is 124 Å². The average molecular weight is 1980 g/mol. The van der Waals surface area contributed by atoms with E-state index in [1.54, 1.807) is 75.7 Å². The van der Waals surface area contributed by atoms with Crippen LogP contribution in [0.1, 0.15) is 100 Å². The first-order valence-corrected chi connectivity index (χ1v) is 52.6. The van der Waals surface area contributed by atoms with Crippen molar-refractivity contribution in [3.05, 3.63) is 116 Å². The zero-order valence-electron chi connectivity index (χ0n) is 65.9. The second-order valence-corrected chi connectivity index (χ2v) is 49.9. The average Bonchev–Trinajstić information content (AvgIpc) is 1.20. The molecule has 4 aliphatic heterocycles. The van der Waals surface area contributed by atoms with Crippen LogP contribution >= 0.6 is 54.7 Å². The number of sulfonamides is 2. The zero-order chi connectivity index (χ0) is 80.2. The third kappa shape index (κ3) is 33.4. The SMILES string of the molecule is CCOC(=O)[C@H](C)C(C)(C)C.CCOP(=O)(Cc1ccc(NC[C@H](NC(=O)O[C@H]2CO[C@H]3OCC[C@H]32)[C@H](O)CN(CC(C)C)S(=O)(=O)c2ccc(OC)cc2)cc1)OCC.COc1ccc(S(=O)(=O)N(CC(C)C)C[C@@H](O)[C@H](CNc2ccc(CP(C)(C)=O)cc2)NC(=O)O[C@H]2CO[C@H]3OCC[C@H]32)cc1.[CH3-].[I][V][I].[Pd]. The number of amides is 2. The van der Waals surface area contributed by atoms with Gasteiger partial charge in [-0.15, -0.1) is 0 Å². The topological polar surface area (TPSA) is 350 Å². The van der Waals surface area contributed by atoms with E-state index in [4.69, 9.17) is 51.7 Å². The van der Waals surface area contributed by atoms with E-state index in [1.165, 1.54) is 47.1 Å². The number of methoxy groups -OCH3 is 2. The van der Waals surface area contributed by atoms with E-state index in [-0.39, 0.29) is 150 Å². The number of esters is 1. The Balaban J connectivity index is 0.000000479. The van der Waals surface area contributed by atoms with Gasteiger partial charge in [0, 0.05) is 77.2 Å². The normalized spacial score (nSPS) is 19.5. The second kappa shape index (κ2) is 49.1. The smallest absolute Gasteiger partial charge is 0 e. The number of nitrogens with one attached hydrogen (secondary N) is 4. The van der Waals surface area contributed by atoms with Crippen LogP contribution in [0.15, 0.2) is 107 Å². The van der Waals surface area contributed by atoms with Crippen LogP contribution < -0.4 is 30.7 Å². The monoisotopic (exact) mass is 1980 g/mol. The van der Waals surface area contributed by atoms with Gasteiger partial charge in [0.25, 0.3) is 0 Å². The van der Waals surface area contributed by atoms with Gasteiger partial charge in [-0.1, -0.05) is 79.7 Å². The molecule has 8 rings (SSSR count). The molecule has 0 aromatic heterocycles. The summed E-state index contributed by atoms with van der Waals surface area (Å²) in [6.45, 7) is 26.6. The molecule has 0 bridgehead atoms. The van der Waals surface area contributed by atoms with Crippen molar-refractivity contribution in [3.63, 3.8) is 0 Å². The van der Waals surface area contributed by atoms with Gasteiger partial charge < -0.3 is 95.2 Å². The number of hydrogen-bond acceptors (Lipinski definition) is 24. The number of aliphatic hydroxyl groups excluding tert-OH is 2. The number of hydrogen-bond donors (Lipinski definition) is 6. The van der Waals surface area contributed by atoms with Crippen molar-refractivity contribution in [1.29, 1.82) is 0 Å². The molecule has 4 saturated heterocycles. The number of nitrogens with zero attached hydrogens (tertiary/aromatic N) is 2. The molecule has 2 amide bonds. The molecule has 0 saturated carbocycles. The van der Waals surface area contributed by atoms with Crippen LogP contribution in [0.25, 0.3) is 0 Å². The first-order valence-electron chi connectivity index (χ1n) is 36.1. The molecule has 36 heteroatoms. The van der Waals surface area contributed by atoms with E-state index in [1.807, 2.05) is 86.6 Å². The maximum Gasteiger partial charge on any atom is 0 e. The van der Waals surface area contributed by atoms with Crippen molar-refractivity contribution < 1.29 is 132 Å². The molecular weight excluding hydrogens is 1860 g/mol. The van der Waals surface area contributed by atoms with Gasteiger partial charge in [-0.2, -0.15) is 8.61 Å². The van der Waals surface area contributed by atoms with Gasteiger partial charge in [0.1, 0.15) is 23.7 Å². The van der Waals surface area contributed by atoms with Crippen LogP contribution in [0, 0.1) is 42.4 Å². The maximum atomic E-state index is 13.8. The van der Waals surface area contributed by atoms with Crippen molar-refractivity contribution in [1.82, 2.24) is 19.2 Å². The summed E-state index contributed by atoms with van der Waals surface area (Å²) >= 11 is 4.74. The molecule has 4 fully saturated rings. The minimum atomic E-state index is -4.02. The van der Waals surface area contributed by atoms with E-state index < -0.39 is 96.1 Å². The fourth-order valence-corrected chi connectivity index (χ4v) is 17.9. The Morgan fingerprint density at radius 3 is 1.27 bits per heavy atom. The Hall–Kier alpha value is -3.24. The van der Waals surface area contributed by atoms with Gasteiger partial charge in [0.15, 0.2) is 12.6 Å². The molecule has 110 heavy (non-hydrogen) atoms. The van der Waals surface area contributed by atoms with E-state index >= 15 is 0 Å². The van der Waals surface area contributed by atoms with Crippen molar-refractivity contribution in [2.24, 2.45) is 35.0 Å². The van der Waals surface area contributed by atoms with Gasteiger partial charge in [-0.25, -0.2) is 26.4 Å². The van der Waals surface area contributed by atoms with Gasteiger partial charge in [0.2, 0.25) is 20.0 Å². The fourth-order valence-electron chi connectivity index (χ4n) is 11.8. The third-order valence-electron chi connectivity index (χ3n) is 17.8.